The van der Waals surface area contributed by atoms with E-state index in [-0.39, 0.29) is 22.8 Å². The lowest BCUT2D eigenvalue weighted by Gasteiger charge is -2.40. The second-order valence-electron chi connectivity index (χ2n) is 9.86. The van der Waals surface area contributed by atoms with Crippen LogP contribution in [0.25, 0.3) is 0 Å². The van der Waals surface area contributed by atoms with Crippen molar-refractivity contribution >= 4 is 5.97 Å². The van der Waals surface area contributed by atoms with E-state index in [0.29, 0.717) is 11.5 Å². The summed E-state index contributed by atoms with van der Waals surface area (Å²) in [6.45, 7) is -1.49. The summed E-state index contributed by atoms with van der Waals surface area (Å²) < 4.78 is 48.4. The number of rotatable bonds is 12. The quantitative estimate of drug-likeness (QED) is 0.187. The molecule has 0 aliphatic carbocycles. The average Bonchev–Trinajstić information content (AvgIpc) is 3.31. The van der Waals surface area contributed by atoms with Gasteiger partial charge in [0.05, 0.1) is 47.2 Å². The molecule has 5 N–H and O–H groups in total. The van der Waals surface area contributed by atoms with E-state index in [1.165, 1.54) is 52.7 Å². The van der Waals surface area contributed by atoms with Crippen LogP contribution >= 0.6 is 0 Å². The molecular weight excluding hydrogens is 576 g/mol. The first kappa shape index (κ1) is 32.5. The molecule has 0 aromatic heterocycles. The fourth-order valence-electron chi connectivity index (χ4n) is 4.52. The SMILES string of the molecule is COc1ccc(C(=O)OCC2(O)COC(OCC3OC(Oc4cc(OC)c(OC)c(OC)c4)C(O)C(O)C3O)C2O)cc1. The maximum absolute atomic E-state index is 12.4. The molecule has 2 aromatic rings. The standard InChI is InChI=1S/C28H36O15/c1-35-15-7-5-14(6-8-15)25(33)40-12-28(34)13-41-27(24(28)32)39-11-19-20(29)21(30)22(31)26(43-19)42-16-9-17(36-2)23(38-4)18(10-16)37-3/h5-10,19-22,24,26-27,29-32,34H,11-13H2,1-4H3. The van der Waals surface area contributed by atoms with Crippen molar-refractivity contribution in [1.29, 1.82) is 0 Å². The monoisotopic (exact) mass is 612 g/mol. The lowest BCUT2D eigenvalue weighted by atomic mass is 9.99. The van der Waals surface area contributed by atoms with Gasteiger partial charge in [0.25, 0.3) is 0 Å². The first-order valence-corrected chi connectivity index (χ1v) is 13.2. The number of aliphatic hydroxyl groups excluding tert-OH is 4. The van der Waals surface area contributed by atoms with Crippen LogP contribution < -0.4 is 23.7 Å². The van der Waals surface area contributed by atoms with Gasteiger partial charge in [-0.1, -0.05) is 0 Å². The van der Waals surface area contributed by atoms with Crippen LogP contribution in [0.15, 0.2) is 36.4 Å². The van der Waals surface area contributed by atoms with Crippen LogP contribution in [0, 0.1) is 0 Å². The van der Waals surface area contributed by atoms with Crippen molar-refractivity contribution in [3.8, 4) is 28.7 Å². The highest BCUT2D eigenvalue weighted by Gasteiger charge is 2.51. The number of esters is 1. The molecule has 0 amide bonds. The lowest BCUT2D eigenvalue weighted by Crippen LogP contribution is -2.60. The Labute approximate surface area is 246 Å². The third-order valence-electron chi connectivity index (χ3n) is 7.07. The molecule has 2 heterocycles. The highest BCUT2D eigenvalue weighted by Crippen LogP contribution is 2.41. The van der Waals surface area contributed by atoms with Crippen molar-refractivity contribution in [3.05, 3.63) is 42.0 Å². The van der Waals surface area contributed by atoms with Gasteiger partial charge in [-0.25, -0.2) is 4.79 Å². The van der Waals surface area contributed by atoms with E-state index in [9.17, 15) is 30.3 Å². The predicted molar refractivity (Wildman–Crippen MR) is 143 cm³/mol. The number of carbonyl (C=O) groups excluding carboxylic acids is 1. The fraction of sp³-hybridized carbons (Fsp3) is 0.536. The first-order chi connectivity index (χ1) is 20.5. The van der Waals surface area contributed by atoms with Crippen LogP contribution in [-0.4, -0.2) is 128 Å². The summed E-state index contributed by atoms with van der Waals surface area (Å²) in [5.41, 5.74) is -1.79. The van der Waals surface area contributed by atoms with Crippen LogP contribution in [0.4, 0.5) is 0 Å². The average molecular weight is 613 g/mol. The minimum absolute atomic E-state index is 0.130. The van der Waals surface area contributed by atoms with E-state index in [1.807, 2.05) is 0 Å². The summed E-state index contributed by atoms with van der Waals surface area (Å²) in [5.74, 6) is 0.759. The molecule has 15 heteroatoms. The molecule has 2 saturated heterocycles. The van der Waals surface area contributed by atoms with E-state index < -0.39 is 74.5 Å². The van der Waals surface area contributed by atoms with Crippen molar-refractivity contribution in [3.63, 3.8) is 0 Å². The molecule has 2 fully saturated rings. The zero-order chi connectivity index (χ0) is 31.3. The largest absolute Gasteiger partial charge is 0.497 e. The Morgan fingerprint density at radius 3 is 2.09 bits per heavy atom. The molecule has 8 unspecified atom stereocenters. The molecule has 0 radical (unpaired) electrons. The van der Waals surface area contributed by atoms with Gasteiger partial charge in [-0.2, -0.15) is 0 Å². The molecule has 0 bridgehead atoms. The smallest absolute Gasteiger partial charge is 0.338 e. The molecule has 8 atom stereocenters. The van der Waals surface area contributed by atoms with Gasteiger partial charge < -0.3 is 68.2 Å². The number of benzene rings is 2. The molecule has 2 aliphatic heterocycles. The third kappa shape index (κ3) is 7.05. The Balaban J connectivity index is 1.35. The minimum atomic E-state index is -1.99. The summed E-state index contributed by atoms with van der Waals surface area (Å²) in [7, 11) is 5.73. The summed E-state index contributed by atoms with van der Waals surface area (Å²) in [6.07, 6.45) is -10.8. The number of hydrogen-bond donors (Lipinski definition) is 5. The summed E-state index contributed by atoms with van der Waals surface area (Å²) in [5, 5.41) is 53.0. The third-order valence-corrected chi connectivity index (χ3v) is 7.07. The minimum Gasteiger partial charge on any atom is -0.497 e. The maximum atomic E-state index is 12.4. The van der Waals surface area contributed by atoms with E-state index in [1.54, 1.807) is 12.1 Å². The summed E-state index contributed by atoms with van der Waals surface area (Å²) in [6, 6.07) is 9.01. The van der Waals surface area contributed by atoms with Gasteiger partial charge in [-0.3, -0.25) is 0 Å². The van der Waals surface area contributed by atoms with Crippen LogP contribution in [0.3, 0.4) is 0 Å². The number of carbonyl (C=O) groups is 1. The van der Waals surface area contributed by atoms with Gasteiger partial charge in [0.2, 0.25) is 12.0 Å². The topological polar surface area (TPSA) is 201 Å². The van der Waals surface area contributed by atoms with E-state index >= 15 is 0 Å². The highest BCUT2D eigenvalue weighted by molar-refractivity contribution is 5.89. The summed E-state index contributed by atoms with van der Waals surface area (Å²) in [4.78, 5) is 12.4. The molecule has 2 aromatic carbocycles. The molecule has 4 rings (SSSR count). The van der Waals surface area contributed by atoms with Crippen LogP contribution in [0.2, 0.25) is 0 Å². The van der Waals surface area contributed by atoms with Crippen molar-refractivity contribution in [2.24, 2.45) is 0 Å². The normalized spacial score (nSPS) is 30.4. The van der Waals surface area contributed by atoms with E-state index in [4.69, 9.17) is 42.6 Å². The van der Waals surface area contributed by atoms with Crippen molar-refractivity contribution in [1.82, 2.24) is 0 Å². The van der Waals surface area contributed by atoms with Gasteiger partial charge in [0, 0.05) is 12.1 Å². The summed E-state index contributed by atoms with van der Waals surface area (Å²) >= 11 is 0. The molecular formula is C28H36O15. The maximum Gasteiger partial charge on any atom is 0.338 e. The van der Waals surface area contributed by atoms with Crippen LogP contribution in [-0.2, 0) is 18.9 Å². The second-order valence-corrected chi connectivity index (χ2v) is 9.86. The fourth-order valence-corrected chi connectivity index (χ4v) is 4.52. The van der Waals surface area contributed by atoms with Crippen LogP contribution in [0.5, 0.6) is 28.7 Å². The van der Waals surface area contributed by atoms with Crippen molar-refractivity contribution in [2.75, 3.05) is 48.3 Å². The highest BCUT2D eigenvalue weighted by atomic mass is 16.7. The van der Waals surface area contributed by atoms with Crippen molar-refractivity contribution < 1.29 is 73.0 Å². The first-order valence-electron chi connectivity index (χ1n) is 13.2. The Kier molecular flexibility index (Phi) is 10.5. The van der Waals surface area contributed by atoms with Crippen molar-refractivity contribution in [2.45, 2.75) is 48.7 Å². The Bertz CT molecular complexity index is 1200. The zero-order valence-electron chi connectivity index (χ0n) is 23.9. The predicted octanol–water partition coefficient (Wildman–Crippen LogP) is -0.771. The Hall–Kier alpha value is -3.41. The van der Waals surface area contributed by atoms with Crippen LogP contribution in [0.1, 0.15) is 10.4 Å². The molecule has 43 heavy (non-hydrogen) atoms. The number of ether oxygens (including phenoxy) is 9. The molecule has 15 nitrogen and oxygen atoms in total. The van der Waals surface area contributed by atoms with Gasteiger partial charge >= 0.3 is 5.97 Å². The van der Waals surface area contributed by atoms with Gasteiger partial charge in [0.1, 0.15) is 48.6 Å². The molecule has 2 aliphatic rings. The van der Waals surface area contributed by atoms with Gasteiger partial charge in [0.15, 0.2) is 23.4 Å². The zero-order valence-corrected chi connectivity index (χ0v) is 23.9. The molecule has 0 saturated carbocycles. The number of hydrogen-bond acceptors (Lipinski definition) is 15. The molecule has 0 spiro atoms. The number of aliphatic hydroxyl groups is 5. The Morgan fingerprint density at radius 2 is 1.51 bits per heavy atom. The second kappa shape index (κ2) is 13.9. The number of methoxy groups -OCH3 is 4. The molecule has 238 valence electrons. The van der Waals surface area contributed by atoms with E-state index in [2.05, 4.69) is 0 Å². The van der Waals surface area contributed by atoms with E-state index in [0.717, 1.165) is 0 Å². The Morgan fingerprint density at radius 1 is 0.860 bits per heavy atom. The van der Waals surface area contributed by atoms with Gasteiger partial charge in [-0.15, -0.1) is 0 Å². The lowest BCUT2D eigenvalue weighted by molar-refractivity contribution is -0.289. The van der Waals surface area contributed by atoms with Gasteiger partial charge in [-0.05, 0) is 24.3 Å².